The van der Waals surface area contributed by atoms with Gasteiger partial charge in [-0.05, 0) is 82.9 Å². The van der Waals surface area contributed by atoms with E-state index in [1.54, 1.807) is 20.8 Å². The van der Waals surface area contributed by atoms with Crippen molar-refractivity contribution in [3.05, 3.63) is 36.4 Å². The number of benzene rings is 1. The number of hydrogen-bond donors (Lipinski definition) is 3. The molecule has 2 fully saturated rings. The normalized spacial score (nSPS) is 27.0. The van der Waals surface area contributed by atoms with Gasteiger partial charge in [0.2, 0.25) is 17.6 Å². The van der Waals surface area contributed by atoms with Gasteiger partial charge in [-0.2, -0.15) is 4.80 Å². The lowest BCUT2D eigenvalue weighted by atomic mass is 10.0. The lowest BCUT2D eigenvalue weighted by Crippen LogP contribution is -2.56. The monoisotopic (exact) mass is 637 g/mol. The van der Waals surface area contributed by atoms with Gasteiger partial charge in [-0.25, -0.2) is 9.59 Å². The van der Waals surface area contributed by atoms with Crippen LogP contribution in [0.25, 0.3) is 11.4 Å². The minimum atomic E-state index is -1.43. The van der Waals surface area contributed by atoms with Gasteiger partial charge < -0.3 is 30.1 Å². The highest BCUT2D eigenvalue weighted by atomic mass is 16.6. The molecule has 0 spiro atoms. The minimum Gasteiger partial charge on any atom is -0.494 e. The molecular weight excluding hydrogens is 594 g/mol. The quantitative estimate of drug-likeness (QED) is 0.398. The second-order valence-corrected chi connectivity index (χ2v) is 13.1. The van der Waals surface area contributed by atoms with Gasteiger partial charge >= 0.3 is 12.1 Å². The average Bonchev–Trinajstić information content (AvgIpc) is 3.31. The molecule has 3 heterocycles. The van der Waals surface area contributed by atoms with Crippen LogP contribution in [0.2, 0.25) is 0 Å². The maximum Gasteiger partial charge on any atom is 0.408 e. The standard InChI is InChI=1S/C32H43N7O7/c1-5-45-23-15-13-20(14-16-23)26-35-37-39(36-26)22-17-25-27(40)34-32(29(42)43)18-21(32)11-9-7-6-8-10-12-24(28(41)38(25)19-22)33-30(44)46-31(2,3)4/h9,11,13-16,21-22,24-25H,5-8,10,12,17-19H2,1-4H3,(H,33,44)(H,34,40)(H,42,43)/t21-,22-,24+,25+,32-/m1/s1. The van der Waals surface area contributed by atoms with Gasteiger partial charge in [-0.1, -0.05) is 25.0 Å². The number of carbonyl (C=O) groups excluding carboxylic acids is 3. The van der Waals surface area contributed by atoms with Crippen LogP contribution in [0.4, 0.5) is 4.79 Å². The molecule has 1 aromatic carbocycles. The molecule has 0 radical (unpaired) electrons. The van der Waals surface area contributed by atoms with E-state index < -0.39 is 53.1 Å². The summed E-state index contributed by atoms with van der Waals surface area (Å²) in [4.78, 5) is 56.0. The number of carbonyl (C=O) groups is 4. The highest BCUT2D eigenvalue weighted by Crippen LogP contribution is 2.45. The number of carboxylic acid groups (broad SMARTS) is 1. The third-order valence-electron chi connectivity index (χ3n) is 8.51. The van der Waals surface area contributed by atoms with Gasteiger partial charge in [0.05, 0.1) is 12.6 Å². The van der Waals surface area contributed by atoms with E-state index in [9.17, 15) is 24.3 Å². The highest BCUT2D eigenvalue weighted by molar-refractivity contribution is 5.96. The molecule has 2 aromatic rings. The van der Waals surface area contributed by atoms with E-state index in [-0.39, 0.29) is 25.3 Å². The number of aliphatic carboxylic acids is 1. The molecule has 0 bridgehead atoms. The molecule has 14 nitrogen and oxygen atoms in total. The molecule has 0 unspecified atom stereocenters. The summed E-state index contributed by atoms with van der Waals surface area (Å²) in [5.74, 6) is -1.40. The molecule has 5 atom stereocenters. The Bertz CT molecular complexity index is 1470. The van der Waals surface area contributed by atoms with Crippen LogP contribution in [-0.2, 0) is 19.1 Å². The first kappa shape index (κ1) is 32.9. The van der Waals surface area contributed by atoms with E-state index in [2.05, 4.69) is 26.0 Å². The summed E-state index contributed by atoms with van der Waals surface area (Å²) in [5.41, 5.74) is -1.48. The third-order valence-corrected chi connectivity index (χ3v) is 8.51. The van der Waals surface area contributed by atoms with Crippen molar-refractivity contribution in [2.75, 3.05) is 13.2 Å². The summed E-state index contributed by atoms with van der Waals surface area (Å²) in [6.45, 7) is 7.71. The van der Waals surface area contributed by atoms with Gasteiger partial charge in [0, 0.05) is 24.4 Å². The van der Waals surface area contributed by atoms with Crippen LogP contribution in [-0.4, -0.2) is 90.5 Å². The second-order valence-electron chi connectivity index (χ2n) is 13.1. The Balaban J connectivity index is 1.42. The Hall–Kier alpha value is -4.49. The molecular formula is C32H43N7O7. The first-order chi connectivity index (χ1) is 21.9. The van der Waals surface area contributed by atoms with Gasteiger partial charge in [0.25, 0.3) is 0 Å². The van der Waals surface area contributed by atoms with Gasteiger partial charge in [-0.3, -0.25) is 9.59 Å². The predicted octanol–water partition coefficient (Wildman–Crippen LogP) is 3.25. The summed E-state index contributed by atoms with van der Waals surface area (Å²) in [5, 5.41) is 28.6. The van der Waals surface area contributed by atoms with Crippen molar-refractivity contribution >= 4 is 23.9 Å². The maximum absolute atomic E-state index is 14.2. The summed E-state index contributed by atoms with van der Waals surface area (Å²) >= 11 is 0. The maximum atomic E-state index is 14.2. The van der Waals surface area contributed by atoms with Crippen molar-refractivity contribution in [2.45, 2.75) is 102 Å². The number of alkyl carbamates (subject to hydrolysis) is 1. The topological polar surface area (TPSA) is 178 Å². The first-order valence-corrected chi connectivity index (χ1v) is 15.9. The fourth-order valence-electron chi connectivity index (χ4n) is 6.06. The fraction of sp³-hybridized carbons (Fsp3) is 0.594. The molecule has 3 aliphatic rings. The van der Waals surface area contributed by atoms with Crippen molar-refractivity contribution < 1.29 is 33.8 Å². The van der Waals surface area contributed by atoms with Crippen LogP contribution in [0.1, 0.15) is 78.7 Å². The Morgan fingerprint density at radius 3 is 2.61 bits per heavy atom. The van der Waals surface area contributed by atoms with E-state index in [0.717, 1.165) is 19.3 Å². The number of allylic oxidation sites excluding steroid dienone is 1. The number of carboxylic acids is 1. The van der Waals surface area contributed by atoms with Crippen LogP contribution in [0, 0.1) is 5.92 Å². The van der Waals surface area contributed by atoms with Gasteiger partial charge in [0.1, 0.15) is 29.0 Å². The van der Waals surface area contributed by atoms with Crippen LogP contribution < -0.4 is 15.4 Å². The van der Waals surface area contributed by atoms with E-state index in [0.29, 0.717) is 36.6 Å². The molecule has 5 rings (SSSR count). The Morgan fingerprint density at radius 2 is 1.91 bits per heavy atom. The van der Waals surface area contributed by atoms with Gasteiger partial charge in [-0.15, -0.1) is 10.2 Å². The molecule has 1 aromatic heterocycles. The molecule has 1 saturated carbocycles. The molecule has 248 valence electrons. The number of nitrogens with one attached hydrogen (secondary N) is 2. The molecule has 2 aliphatic heterocycles. The van der Waals surface area contributed by atoms with Crippen molar-refractivity contribution in [3.63, 3.8) is 0 Å². The predicted molar refractivity (Wildman–Crippen MR) is 166 cm³/mol. The molecule has 1 aliphatic carbocycles. The Morgan fingerprint density at radius 1 is 1.15 bits per heavy atom. The average molecular weight is 638 g/mol. The number of nitrogens with zero attached hydrogens (tertiary/aromatic N) is 5. The SMILES string of the molecule is CCOc1ccc(-c2nnn([C@@H]3C[C@H]4C(=O)N[C@]5(C(=O)O)C[C@H]5C=CCCCCC[C@H](NC(=O)OC(C)(C)C)C(=O)N4C3)n2)cc1. The number of rotatable bonds is 6. The van der Waals surface area contributed by atoms with Crippen LogP contribution in [0.15, 0.2) is 36.4 Å². The number of tetrazole rings is 1. The molecule has 46 heavy (non-hydrogen) atoms. The molecule has 14 heteroatoms. The zero-order valence-electron chi connectivity index (χ0n) is 26.8. The number of amides is 3. The van der Waals surface area contributed by atoms with E-state index in [1.807, 2.05) is 43.3 Å². The number of hydrogen-bond acceptors (Lipinski definition) is 9. The zero-order chi connectivity index (χ0) is 33.1. The molecule has 3 amide bonds. The lowest BCUT2D eigenvalue weighted by molar-refractivity contribution is -0.145. The number of ether oxygens (including phenoxy) is 2. The van der Waals surface area contributed by atoms with Gasteiger partial charge in [0.15, 0.2) is 0 Å². The van der Waals surface area contributed by atoms with Crippen molar-refractivity contribution in [2.24, 2.45) is 5.92 Å². The van der Waals surface area contributed by atoms with Crippen LogP contribution in [0.3, 0.4) is 0 Å². The minimum absolute atomic E-state index is 0.0614. The number of aromatic nitrogens is 4. The lowest BCUT2D eigenvalue weighted by Gasteiger charge is -2.30. The Kier molecular flexibility index (Phi) is 9.63. The summed E-state index contributed by atoms with van der Waals surface area (Å²) in [6, 6.07) is 4.76. The second kappa shape index (κ2) is 13.5. The first-order valence-electron chi connectivity index (χ1n) is 15.9. The van der Waals surface area contributed by atoms with Crippen LogP contribution in [0.5, 0.6) is 5.75 Å². The fourth-order valence-corrected chi connectivity index (χ4v) is 6.06. The summed E-state index contributed by atoms with van der Waals surface area (Å²) in [6.07, 6.45) is 6.90. The van der Waals surface area contributed by atoms with E-state index >= 15 is 0 Å². The molecule has 1 saturated heterocycles. The smallest absolute Gasteiger partial charge is 0.408 e. The zero-order valence-corrected chi connectivity index (χ0v) is 26.8. The third kappa shape index (κ3) is 7.48. The van der Waals surface area contributed by atoms with Crippen molar-refractivity contribution in [1.82, 2.24) is 35.7 Å². The van der Waals surface area contributed by atoms with E-state index in [4.69, 9.17) is 9.47 Å². The number of fused-ring (bicyclic) bond motifs is 2. The largest absolute Gasteiger partial charge is 0.494 e. The van der Waals surface area contributed by atoms with Crippen LogP contribution >= 0.6 is 0 Å². The van der Waals surface area contributed by atoms with E-state index in [1.165, 1.54) is 9.70 Å². The van der Waals surface area contributed by atoms with Crippen molar-refractivity contribution in [3.8, 4) is 17.1 Å². The highest BCUT2D eigenvalue weighted by Gasteiger charge is 2.61. The Labute approximate surface area is 267 Å². The molecule has 3 N–H and O–H groups in total. The summed E-state index contributed by atoms with van der Waals surface area (Å²) in [7, 11) is 0. The van der Waals surface area contributed by atoms with Crippen molar-refractivity contribution in [1.29, 1.82) is 0 Å². The summed E-state index contributed by atoms with van der Waals surface area (Å²) < 4.78 is 11.0.